The predicted octanol–water partition coefficient (Wildman–Crippen LogP) is 2.53. The van der Waals surface area contributed by atoms with Gasteiger partial charge in [-0.2, -0.15) is 0 Å². The van der Waals surface area contributed by atoms with E-state index >= 15 is 0 Å². The maximum atomic E-state index is 13.8. The first kappa shape index (κ1) is 16.4. The Hall–Kier alpha value is -0.980. The van der Waals surface area contributed by atoms with Crippen molar-refractivity contribution in [3.05, 3.63) is 29.6 Å². The van der Waals surface area contributed by atoms with E-state index in [1.807, 2.05) is 0 Å². The van der Waals surface area contributed by atoms with Gasteiger partial charge in [0, 0.05) is 12.6 Å². The summed E-state index contributed by atoms with van der Waals surface area (Å²) < 4.78 is 41.2. The summed E-state index contributed by atoms with van der Waals surface area (Å²) in [6, 6.07) is 3.84. The Kier molecular flexibility index (Phi) is 4.70. The van der Waals surface area contributed by atoms with Gasteiger partial charge >= 0.3 is 0 Å². The molecule has 0 saturated heterocycles. The van der Waals surface area contributed by atoms with Crippen LogP contribution in [0.5, 0.6) is 0 Å². The molecule has 6 heteroatoms. The van der Waals surface area contributed by atoms with Crippen molar-refractivity contribution in [3.63, 3.8) is 0 Å². The Bertz CT molecular complexity index is 604. The summed E-state index contributed by atoms with van der Waals surface area (Å²) in [6.07, 6.45) is 3.49. The van der Waals surface area contributed by atoms with Gasteiger partial charge in [-0.1, -0.05) is 19.9 Å². The molecule has 0 radical (unpaired) electrons. The number of nitrogens with one attached hydrogen (secondary N) is 1. The van der Waals surface area contributed by atoms with Gasteiger partial charge in [0.25, 0.3) is 0 Å². The van der Waals surface area contributed by atoms with Crippen LogP contribution in [-0.2, 0) is 16.6 Å². The average Bonchev–Trinajstić information content (AvgIpc) is 2.41. The van der Waals surface area contributed by atoms with Crippen molar-refractivity contribution in [1.29, 1.82) is 0 Å². The number of sulfonamides is 1. The molecule has 0 amide bonds. The van der Waals surface area contributed by atoms with Crippen LogP contribution >= 0.6 is 0 Å². The zero-order chi connectivity index (χ0) is 15.7. The Labute approximate surface area is 126 Å². The molecular weight excluding hydrogens is 291 g/mol. The van der Waals surface area contributed by atoms with E-state index in [0.717, 1.165) is 31.7 Å². The molecule has 4 nitrogen and oxygen atoms in total. The van der Waals surface area contributed by atoms with Gasteiger partial charge in [-0.05, 0) is 48.8 Å². The highest BCUT2D eigenvalue weighted by molar-refractivity contribution is 7.89. The molecule has 0 unspecified atom stereocenters. The molecule has 1 aromatic rings. The minimum atomic E-state index is -3.84. The van der Waals surface area contributed by atoms with Gasteiger partial charge in [0.05, 0.1) is 0 Å². The highest BCUT2D eigenvalue weighted by atomic mass is 32.2. The monoisotopic (exact) mass is 314 g/mol. The molecule has 118 valence electrons. The SMILES string of the molecule is CC1(C)CCC(NS(=O)(=O)c2cc(CN)ccc2F)CC1. The third-order valence-corrected chi connectivity index (χ3v) is 5.72. The van der Waals surface area contributed by atoms with Crippen LogP contribution in [-0.4, -0.2) is 14.5 Å². The second-order valence-electron chi connectivity index (χ2n) is 6.53. The van der Waals surface area contributed by atoms with Crippen LogP contribution in [0.25, 0.3) is 0 Å². The van der Waals surface area contributed by atoms with E-state index in [4.69, 9.17) is 5.73 Å². The number of halogens is 1. The van der Waals surface area contributed by atoms with Crippen LogP contribution in [0.2, 0.25) is 0 Å². The van der Waals surface area contributed by atoms with Gasteiger partial charge < -0.3 is 5.73 Å². The van der Waals surface area contributed by atoms with Gasteiger partial charge in [0.1, 0.15) is 10.7 Å². The van der Waals surface area contributed by atoms with Crippen LogP contribution in [0.4, 0.5) is 4.39 Å². The first-order valence-electron chi connectivity index (χ1n) is 7.24. The van der Waals surface area contributed by atoms with Crippen molar-refractivity contribution in [3.8, 4) is 0 Å². The molecule has 0 bridgehead atoms. The Morgan fingerprint density at radius 3 is 2.52 bits per heavy atom. The van der Waals surface area contributed by atoms with Crippen LogP contribution in [0.1, 0.15) is 45.1 Å². The van der Waals surface area contributed by atoms with Gasteiger partial charge in [0.2, 0.25) is 10.0 Å². The zero-order valence-electron chi connectivity index (χ0n) is 12.5. The predicted molar refractivity (Wildman–Crippen MR) is 80.6 cm³/mol. The molecule has 2 rings (SSSR count). The zero-order valence-corrected chi connectivity index (χ0v) is 13.3. The lowest BCUT2D eigenvalue weighted by atomic mass is 9.76. The van der Waals surface area contributed by atoms with E-state index in [-0.39, 0.29) is 22.9 Å². The minimum Gasteiger partial charge on any atom is -0.326 e. The third-order valence-electron chi connectivity index (χ3n) is 4.18. The van der Waals surface area contributed by atoms with Crippen molar-refractivity contribution in [2.24, 2.45) is 11.1 Å². The van der Waals surface area contributed by atoms with Crippen LogP contribution in [0.15, 0.2) is 23.1 Å². The van der Waals surface area contributed by atoms with Crippen molar-refractivity contribution in [1.82, 2.24) is 4.72 Å². The summed E-state index contributed by atoms with van der Waals surface area (Å²) in [7, 11) is -3.84. The molecule has 1 saturated carbocycles. The van der Waals surface area contributed by atoms with Gasteiger partial charge in [-0.25, -0.2) is 17.5 Å². The van der Waals surface area contributed by atoms with Crippen LogP contribution in [0, 0.1) is 11.2 Å². The van der Waals surface area contributed by atoms with Crippen molar-refractivity contribution < 1.29 is 12.8 Å². The molecule has 1 aliphatic rings. The second-order valence-corrected chi connectivity index (χ2v) is 8.21. The number of rotatable bonds is 4. The number of benzene rings is 1. The van der Waals surface area contributed by atoms with E-state index in [2.05, 4.69) is 18.6 Å². The highest BCUT2D eigenvalue weighted by Gasteiger charge is 2.30. The molecule has 1 fully saturated rings. The Morgan fingerprint density at radius 1 is 1.33 bits per heavy atom. The number of nitrogens with two attached hydrogens (primary N) is 1. The summed E-state index contributed by atoms with van der Waals surface area (Å²) in [5.41, 5.74) is 6.34. The largest absolute Gasteiger partial charge is 0.326 e. The molecule has 0 aromatic heterocycles. The molecule has 3 N–H and O–H groups in total. The molecular formula is C15H23FN2O2S. The van der Waals surface area contributed by atoms with Gasteiger partial charge in [-0.15, -0.1) is 0 Å². The average molecular weight is 314 g/mol. The maximum Gasteiger partial charge on any atom is 0.243 e. The normalized spacial score (nSPS) is 19.6. The fourth-order valence-electron chi connectivity index (χ4n) is 2.68. The lowest BCUT2D eigenvalue weighted by Crippen LogP contribution is -2.39. The Morgan fingerprint density at radius 2 is 1.95 bits per heavy atom. The first-order chi connectivity index (χ1) is 9.73. The molecule has 0 spiro atoms. The molecule has 0 atom stereocenters. The standard InChI is InChI=1S/C15H23FN2O2S/c1-15(2)7-5-12(6-8-15)18-21(19,20)14-9-11(10-17)3-4-13(14)16/h3-4,9,12,18H,5-8,10,17H2,1-2H3. The lowest BCUT2D eigenvalue weighted by molar-refractivity contribution is 0.218. The van der Waals surface area contributed by atoms with E-state index in [0.29, 0.717) is 5.56 Å². The fraction of sp³-hybridized carbons (Fsp3) is 0.600. The summed E-state index contributed by atoms with van der Waals surface area (Å²) in [6.45, 7) is 4.55. The minimum absolute atomic E-state index is 0.121. The van der Waals surface area contributed by atoms with E-state index in [1.54, 1.807) is 0 Å². The summed E-state index contributed by atoms with van der Waals surface area (Å²) >= 11 is 0. The fourth-order valence-corrected chi connectivity index (χ4v) is 4.11. The quantitative estimate of drug-likeness (QED) is 0.897. The molecule has 1 aliphatic carbocycles. The summed E-state index contributed by atoms with van der Waals surface area (Å²) in [5, 5.41) is 0. The van der Waals surface area contributed by atoms with Crippen LogP contribution in [0.3, 0.4) is 0 Å². The highest BCUT2D eigenvalue weighted by Crippen LogP contribution is 2.35. The number of hydrogen-bond donors (Lipinski definition) is 2. The maximum absolute atomic E-state index is 13.8. The molecule has 1 aromatic carbocycles. The van der Waals surface area contributed by atoms with E-state index < -0.39 is 15.8 Å². The van der Waals surface area contributed by atoms with E-state index in [1.165, 1.54) is 12.1 Å². The molecule has 0 heterocycles. The first-order valence-corrected chi connectivity index (χ1v) is 8.73. The summed E-state index contributed by atoms with van der Waals surface area (Å²) in [4.78, 5) is -0.310. The van der Waals surface area contributed by atoms with Crippen molar-refractivity contribution in [2.75, 3.05) is 0 Å². The molecule has 0 aliphatic heterocycles. The van der Waals surface area contributed by atoms with Crippen molar-refractivity contribution in [2.45, 2.75) is 57.0 Å². The third kappa shape index (κ3) is 4.02. The van der Waals surface area contributed by atoms with Crippen LogP contribution < -0.4 is 10.5 Å². The van der Waals surface area contributed by atoms with E-state index in [9.17, 15) is 12.8 Å². The topological polar surface area (TPSA) is 72.2 Å². The second kappa shape index (κ2) is 6.02. The van der Waals surface area contributed by atoms with Crippen molar-refractivity contribution >= 4 is 10.0 Å². The van der Waals surface area contributed by atoms with Gasteiger partial charge in [-0.3, -0.25) is 0 Å². The molecule has 21 heavy (non-hydrogen) atoms. The summed E-state index contributed by atoms with van der Waals surface area (Å²) in [5.74, 6) is -0.740. The smallest absolute Gasteiger partial charge is 0.243 e. The van der Waals surface area contributed by atoms with Gasteiger partial charge in [0.15, 0.2) is 0 Å². The Balaban J connectivity index is 2.16. The lowest BCUT2D eigenvalue weighted by Gasteiger charge is -2.34. The number of hydrogen-bond acceptors (Lipinski definition) is 3.